The zero-order chi connectivity index (χ0) is 15.7. The Labute approximate surface area is 131 Å². The summed E-state index contributed by atoms with van der Waals surface area (Å²) in [6.45, 7) is 9.32. The van der Waals surface area contributed by atoms with Crippen LogP contribution in [0.25, 0.3) is 0 Å². The van der Waals surface area contributed by atoms with E-state index in [0.717, 1.165) is 31.8 Å². The van der Waals surface area contributed by atoms with Crippen molar-refractivity contribution in [2.24, 2.45) is 5.92 Å². The Kier molecular flexibility index (Phi) is 8.29. The summed E-state index contributed by atoms with van der Waals surface area (Å²) >= 11 is 0. The monoisotopic (exact) mass is 294 g/mol. The van der Waals surface area contributed by atoms with Crippen LogP contribution in [0.15, 0.2) is 0 Å². The van der Waals surface area contributed by atoms with Crippen LogP contribution in [0.3, 0.4) is 0 Å². The fourth-order valence-corrected chi connectivity index (χ4v) is 3.39. The lowest BCUT2D eigenvalue weighted by Crippen LogP contribution is -2.44. The highest BCUT2D eigenvalue weighted by Crippen LogP contribution is 2.28. The summed E-state index contributed by atoms with van der Waals surface area (Å²) in [6.07, 6.45) is 9.99. The molecule has 122 valence electrons. The molecule has 1 rings (SSSR count). The highest BCUT2D eigenvalue weighted by Gasteiger charge is 2.24. The van der Waals surface area contributed by atoms with E-state index in [9.17, 15) is 5.26 Å². The first-order chi connectivity index (χ1) is 9.99. The van der Waals surface area contributed by atoms with Crippen molar-refractivity contribution in [2.75, 3.05) is 6.61 Å². The molecule has 1 aliphatic carbocycles. The van der Waals surface area contributed by atoms with E-state index in [0.29, 0.717) is 12.1 Å². The average Bonchev–Trinajstić information content (AvgIpc) is 2.46. The molecular formula is C18H34N2O. The summed E-state index contributed by atoms with van der Waals surface area (Å²) < 4.78 is 6.04. The van der Waals surface area contributed by atoms with Gasteiger partial charge in [-0.25, -0.2) is 0 Å². The lowest BCUT2D eigenvalue weighted by molar-refractivity contribution is 0.0103. The number of nitriles is 1. The van der Waals surface area contributed by atoms with Crippen LogP contribution in [0, 0.1) is 17.2 Å². The molecule has 0 spiro atoms. The molecule has 0 aromatic heterocycles. The number of hydrogen-bond acceptors (Lipinski definition) is 3. The van der Waals surface area contributed by atoms with Crippen molar-refractivity contribution in [1.29, 1.82) is 5.26 Å². The molecule has 0 bridgehead atoms. The van der Waals surface area contributed by atoms with Crippen LogP contribution in [0.1, 0.15) is 79.1 Å². The molecule has 3 nitrogen and oxygen atoms in total. The molecule has 1 saturated carbocycles. The van der Waals surface area contributed by atoms with Gasteiger partial charge in [-0.3, -0.25) is 5.32 Å². The number of nitrogens with zero attached hydrogens (tertiary/aromatic N) is 1. The minimum Gasteiger partial charge on any atom is -0.378 e. The molecule has 0 aromatic rings. The number of hydrogen-bond donors (Lipinski definition) is 1. The second-order valence-electron chi connectivity index (χ2n) is 7.13. The van der Waals surface area contributed by atoms with Gasteiger partial charge in [0.15, 0.2) is 0 Å². The predicted octanol–water partition coefficient (Wildman–Crippen LogP) is 4.42. The average molecular weight is 294 g/mol. The SMILES string of the molecule is CCC1CCCC(OCCCCC(C)(C#N)NC(C)C)C1. The third kappa shape index (κ3) is 7.29. The van der Waals surface area contributed by atoms with Crippen LogP contribution < -0.4 is 5.32 Å². The van der Waals surface area contributed by atoms with E-state index in [1.807, 2.05) is 6.92 Å². The minimum atomic E-state index is -0.397. The van der Waals surface area contributed by atoms with Crippen molar-refractivity contribution >= 4 is 0 Å². The molecule has 0 heterocycles. The molecule has 21 heavy (non-hydrogen) atoms. The van der Waals surface area contributed by atoms with Gasteiger partial charge in [0, 0.05) is 12.6 Å². The first-order valence-corrected chi connectivity index (χ1v) is 8.79. The Morgan fingerprint density at radius 2 is 2.10 bits per heavy atom. The van der Waals surface area contributed by atoms with Crippen molar-refractivity contribution in [3.63, 3.8) is 0 Å². The molecule has 0 radical (unpaired) electrons. The third-order valence-corrected chi connectivity index (χ3v) is 4.59. The molecular weight excluding hydrogens is 260 g/mol. The summed E-state index contributed by atoms with van der Waals surface area (Å²) in [5.41, 5.74) is -0.397. The van der Waals surface area contributed by atoms with Crippen molar-refractivity contribution in [3.8, 4) is 6.07 Å². The molecule has 0 aromatic carbocycles. The van der Waals surface area contributed by atoms with Gasteiger partial charge in [0.05, 0.1) is 12.2 Å². The lowest BCUT2D eigenvalue weighted by atomic mass is 9.85. The van der Waals surface area contributed by atoms with E-state index in [4.69, 9.17) is 4.74 Å². The fourth-order valence-electron chi connectivity index (χ4n) is 3.39. The molecule has 1 fully saturated rings. The molecule has 1 N–H and O–H groups in total. The summed E-state index contributed by atoms with van der Waals surface area (Å²) in [6, 6.07) is 2.76. The maximum Gasteiger partial charge on any atom is 0.104 e. The first kappa shape index (κ1) is 18.5. The third-order valence-electron chi connectivity index (χ3n) is 4.59. The minimum absolute atomic E-state index is 0.346. The van der Waals surface area contributed by atoms with Gasteiger partial charge in [-0.1, -0.05) is 26.2 Å². The number of nitrogens with one attached hydrogen (secondary N) is 1. The Balaban J connectivity index is 2.15. The van der Waals surface area contributed by atoms with Crippen molar-refractivity contribution in [3.05, 3.63) is 0 Å². The van der Waals surface area contributed by atoms with Gasteiger partial charge in [0.25, 0.3) is 0 Å². The zero-order valence-corrected chi connectivity index (χ0v) is 14.5. The second kappa shape index (κ2) is 9.43. The quantitative estimate of drug-likeness (QED) is 0.640. The molecule has 0 aliphatic heterocycles. The van der Waals surface area contributed by atoms with Gasteiger partial charge in [-0.2, -0.15) is 5.26 Å². The number of rotatable bonds is 9. The maximum absolute atomic E-state index is 9.31. The second-order valence-corrected chi connectivity index (χ2v) is 7.13. The van der Waals surface area contributed by atoms with E-state index in [1.165, 1.54) is 32.1 Å². The predicted molar refractivity (Wildman–Crippen MR) is 88.1 cm³/mol. The summed E-state index contributed by atoms with van der Waals surface area (Å²) in [5, 5.41) is 12.7. The van der Waals surface area contributed by atoms with Crippen molar-refractivity contribution in [2.45, 2.75) is 96.7 Å². The van der Waals surface area contributed by atoms with Gasteiger partial charge in [-0.05, 0) is 58.8 Å². The van der Waals surface area contributed by atoms with Crippen LogP contribution in [-0.4, -0.2) is 24.3 Å². The highest BCUT2D eigenvalue weighted by atomic mass is 16.5. The van der Waals surface area contributed by atoms with E-state index in [-0.39, 0.29) is 0 Å². The summed E-state index contributed by atoms with van der Waals surface area (Å²) in [5.74, 6) is 0.876. The van der Waals surface area contributed by atoms with Crippen LogP contribution in [0.2, 0.25) is 0 Å². The van der Waals surface area contributed by atoms with Crippen LogP contribution in [0.5, 0.6) is 0 Å². The Morgan fingerprint density at radius 3 is 2.71 bits per heavy atom. The molecule has 0 amide bonds. The summed E-state index contributed by atoms with van der Waals surface area (Å²) in [7, 11) is 0. The first-order valence-electron chi connectivity index (χ1n) is 8.79. The molecule has 3 unspecified atom stereocenters. The van der Waals surface area contributed by atoms with Gasteiger partial charge < -0.3 is 4.74 Å². The molecule has 1 aliphatic rings. The molecule has 0 saturated heterocycles. The largest absolute Gasteiger partial charge is 0.378 e. The lowest BCUT2D eigenvalue weighted by Gasteiger charge is -2.29. The normalized spacial score (nSPS) is 25.5. The Hall–Kier alpha value is -0.590. The van der Waals surface area contributed by atoms with Crippen LogP contribution in [-0.2, 0) is 4.74 Å². The van der Waals surface area contributed by atoms with Crippen molar-refractivity contribution < 1.29 is 4.74 Å². The zero-order valence-electron chi connectivity index (χ0n) is 14.5. The maximum atomic E-state index is 9.31. The van der Waals surface area contributed by atoms with Crippen LogP contribution in [0.4, 0.5) is 0 Å². The van der Waals surface area contributed by atoms with Gasteiger partial charge in [-0.15, -0.1) is 0 Å². The van der Waals surface area contributed by atoms with Gasteiger partial charge in [0.1, 0.15) is 5.54 Å². The van der Waals surface area contributed by atoms with Gasteiger partial charge in [0.2, 0.25) is 0 Å². The Bertz CT molecular complexity index is 324. The van der Waals surface area contributed by atoms with Crippen LogP contribution >= 0.6 is 0 Å². The van der Waals surface area contributed by atoms with E-state index in [2.05, 4.69) is 32.2 Å². The molecule has 3 atom stereocenters. The summed E-state index contributed by atoms with van der Waals surface area (Å²) in [4.78, 5) is 0. The topological polar surface area (TPSA) is 45.0 Å². The fraction of sp³-hybridized carbons (Fsp3) is 0.944. The van der Waals surface area contributed by atoms with E-state index in [1.54, 1.807) is 0 Å². The number of unbranched alkanes of at least 4 members (excludes halogenated alkanes) is 1. The van der Waals surface area contributed by atoms with Crippen molar-refractivity contribution in [1.82, 2.24) is 5.32 Å². The van der Waals surface area contributed by atoms with E-state index >= 15 is 0 Å². The number of ether oxygens (including phenoxy) is 1. The van der Waals surface area contributed by atoms with E-state index < -0.39 is 5.54 Å². The van der Waals surface area contributed by atoms with Gasteiger partial charge >= 0.3 is 0 Å². The highest BCUT2D eigenvalue weighted by molar-refractivity contribution is 5.04. The standard InChI is InChI=1S/C18H34N2O/c1-5-16-9-8-10-17(13-16)21-12-7-6-11-18(4,14-19)20-15(2)3/h15-17,20H,5-13H2,1-4H3. The molecule has 3 heteroatoms. The smallest absolute Gasteiger partial charge is 0.104 e. The Morgan fingerprint density at radius 1 is 1.33 bits per heavy atom.